The van der Waals surface area contributed by atoms with Gasteiger partial charge in [0, 0.05) is 29.3 Å². The molecule has 1 saturated heterocycles. The molecule has 2 atom stereocenters. The number of benzene rings is 2. The first kappa shape index (κ1) is 22.9. The molecule has 2 aromatic rings. The number of nitrogens with zero attached hydrogens (tertiary/aromatic N) is 1. The molecule has 0 aromatic heterocycles. The lowest BCUT2D eigenvalue weighted by atomic mass is 10.1. The van der Waals surface area contributed by atoms with Crippen LogP contribution in [0.2, 0.25) is 0 Å². The Kier molecular flexibility index (Phi) is 7.68. The Labute approximate surface area is 187 Å². The number of hydrogen-bond donors (Lipinski definition) is 2. The Balaban J connectivity index is 1.64. The molecule has 6 nitrogen and oxygen atoms in total. The van der Waals surface area contributed by atoms with Crippen LogP contribution in [-0.4, -0.2) is 37.8 Å². The summed E-state index contributed by atoms with van der Waals surface area (Å²) >= 11 is 3.42. The first-order valence-corrected chi connectivity index (χ1v) is 12.4. The van der Waals surface area contributed by atoms with Gasteiger partial charge >= 0.3 is 0 Å². The number of anilines is 1. The zero-order valence-electron chi connectivity index (χ0n) is 17.3. The van der Waals surface area contributed by atoms with E-state index in [1.54, 1.807) is 25.1 Å². The van der Waals surface area contributed by atoms with Gasteiger partial charge in [-0.15, -0.1) is 0 Å². The third-order valence-electron chi connectivity index (χ3n) is 5.32. The Morgan fingerprint density at radius 2 is 1.70 bits per heavy atom. The van der Waals surface area contributed by atoms with E-state index in [4.69, 9.17) is 0 Å². The van der Waals surface area contributed by atoms with E-state index in [0.717, 1.165) is 29.3 Å². The number of hydrogen-bond acceptors (Lipinski definition) is 4. The summed E-state index contributed by atoms with van der Waals surface area (Å²) in [6.07, 6.45) is 2.83. The molecule has 2 aromatic carbocycles. The highest BCUT2D eigenvalue weighted by atomic mass is 79.9. The van der Waals surface area contributed by atoms with Crippen molar-refractivity contribution in [1.29, 1.82) is 0 Å². The molecule has 0 bridgehead atoms. The van der Waals surface area contributed by atoms with Crippen molar-refractivity contribution < 1.29 is 13.2 Å². The van der Waals surface area contributed by atoms with E-state index in [1.165, 1.54) is 10.4 Å². The van der Waals surface area contributed by atoms with Crippen LogP contribution < -0.4 is 10.6 Å². The van der Waals surface area contributed by atoms with Gasteiger partial charge in [-0.05, 0) is 62.6 Å². The number of nitrogens with one attached hydrogen (secondary N) is 2. The van der Waals surface area contributed by atoms with Crippen LogP contribution in [0.15, 0.2) is 57.9 Å². The van der Waals surface area contributed by atoms with Gasteiger partial charge in [-0.1, -0.05) is 40.5 Å². The zero-order valence-corrected chi connectivity index (χ0v) is 19.7. The molecule has 0 aliphatic carbocycles. The summed E-state index contributed by atoms with van der Waals surface area (Å²) in [7, 11) is -3.54. The van der Waals surface area contributed by atoms with Crippen LogP contribution in [-0.2, 0) is 14.8 Å². The molecule has 8 heteroatoms. The summed E-state index contributed by atoms with van der Waals surface area (Å²) in [5, 5.41) is 6.11. The number of carbonyl (C=O) groups excluding carboxylic acids is 1. The average molecular weight is 494 g/mol. The van der Waals surface area contributed by atoms with Gasteiger partial charge < -0.3 is 5.32 Å². The average Bonchev–Trinajstić information content (AvgIpc) is 2.75. The first-order valence-electron chi connectivity index (χ1n) is 10.2. The molecule has 3 rings (SSSR count). The highest BCUT2D eigenvalue weighted by Gasteiger charge is 2.26. The van der Waals surface area contributed by atoms with Crippen molar-refractivity contribution >= 4 is 37.5 Å². The lowest BCUT2D eigenvalue weighted by molar-refractivity contribution is -0.117. The second-order valence-electron chi connectivity index (χ2n) is 7.64. The Bertz CT molecular complexity index is 973. The van der Waals surface area contributed by atoms with E-state index in [1.807, 2.05) is 31.2 Å². The molecule has 1 fully saturated rings. The maximum Gasteiger partial charge on any atom is 0.243 e. The van der Waals surface area contributed by atoms with Gasteiger partial charge in [0.15, 0.2) is 0 Å². The highest BCUT2D eigenvalue weighted by molar-refractivity contribution is 9.10. The summed E-state index contributed by atoms with van der Waals surface area (Å²) < 4.78 is 28.3. The quantitative estimate of drug-likeness (QED) is 0.602. The first-order chi connectivity index (χ1) is 14.3. The number of rotatable bonds is 7. The Morgan fingerprint density at radius 3 is 2.37 bits per heavy atom. The lowest BCUT2D eigenvalue weighted by Gasteiger charge is -2.26. The molecule has 30 heavy (non-hydrogen) atoms. The van der Waals surface area contributed by atoms with Gasteiger partial charge in [0.1, 0.15) is 0 Å². The number of amides is 1. The van der Waals surface area contributed by atoms with Crippen molar-refractivity contribution in [1.82, 2.24) is 9.62 Å². The van der Waals surface area contributed by atoms with Crippen LogP contribution in [0.25, 0.3) is 0 Å². The highest BCUT2D eigenvalue weighted by Crippen LogP contribution is 2.23. The molecule has 2 N–H and O–H groups in total. The fourth-order valence-electron chi connectivity index (χ4n) is 3.54. The van der Waals surface area contributed by atoms with E-state index < -0.39 is 16.1 Å². The summed E-state index contributed by atoms with van der Waals surface area (Å²) in [6.45, 7) is 4.89. The molecule has 1 amide bonds. The van der Waals surface area contributed by atoms with Crippen LogP contribution >= 0.6 is 15.9 Å². The van der Waals surface area contributed by atoms with Crippen LogP contribution in [0.1, 0.15) is 44.7 Å². The fraction of sp³-hybridized carbons (Fsp3) is 0.409. The molecule has 162 valence electrons. The molecule has 0 saturated carbocycles. The van der Waals surface area contributed by atoms with Crippen LogP contribution in [0.3, 0.4) is 0 Å². The maximum absolute atomic E-state index is 12.9. The lowest BCUT2D eigenvalue weighted by Crippen LogP contribution is -2.39. The number of carbonyl (C=O) groups is 1. The van der Waals surface area contributed by atoms with Gasteiger partial charge in [-0.3, -0.25) is 10.1 Å². The Hall–Kier alpha value is -1.74. The van der Waals surface area contributed by atoms with Gasteiger partial charge in [-0.25, -0.2) is 8.42 Å². The van der Waals surface area contributed by atoms with Crippen molar-refractivity contribution in [2.75, 3.05) is 18.4 Å². The summed E-state index contributed by atoms with van der Waals surface area (Å²) in [5.74, 6) is -0.216. The minimum absolute atomic E-state index is 0.00957. The van der Waals surface area contributed by atoms with Crippen LogP contribution in [0.5, 0.6) is 0 Å². The Morgan fingerprint density at radius 1 is 1.03 bits per heavy atom. The summed E-state index contributed by atoms with van der Waals surface area (Å²) in [4.78, 5) is 12.9. The van der Waals surface area contributed by atoms with Gasteiger partial charge in [0.25, 0.3) is 0 Å². The normalized spacial score (nSPS) is 17.3. The minimum atomic E-state index is -3.54. The third kappa shape index (κ3) is 5.69. The second kappa shape index (κ2) is 10.0. The molecule has 1 heterocycles. The number of halogens is 1. The number of piperidine rings is 1. The third-order valence-corrected chi connectivity index (χ3v) is 7.74. The fourth-order valence-corrected chi connectivity index (χ4v) is 5.37. The summed E-state index contributed by atoms with van der Waals surface area (Å²) in [6, 6.07) is 14.0. The minimum Gasteiger partial charge on any atom is -0.325 e. The summed E-state index contributed by atoms with van der Waals surface area (Å²) in [5.41, 5.74) is 1.55. The molecule has 1 aliphatic heterocycles. The van der Waals surface area contributed by atoms with Crippen molar-refractivity contribution in [2.24, 2.45) is 0 Å². The van der Waals surface area contributed by atoms with E-state index in [0.29, 0.717) is 18.8 Å². The molecule has 0 unspecified atom stereocenters. The van der Waals surface area contributed by atoms with E-state index in [-0.39, 0.29) is 16.8 Å². The van der Waals surface area contributed by atoms with E-state index in [9.17, 15) is 13.2 Å². The molecule has 0 radical (unpaired) electrons. The van der Waals surface area contributed by atoms with Crippen LogP contribution in [0.4, 0.5) is 5.69 Å². The monoisotopic (exact) mass is 493 g/mol. The van der Waals surface area contributed by atoms with E-state index in [2.05, 4.69) is 26.6 Å². The predicted octanol–water partition coefficient (Wildman–Crippen LogP) is 4.30. The SMILES string of the molecule is C[C@@H](N[C@H](C)c1ccc(Br)cc1)C(=O)Nc1cccc(S(=O)(=O)N2CCCCC2)c1. The second-order valence-corrected chi connectivity index (χ2v) is 10.5. The van der Waals surface area contributed by atoms with Crippen molar-refractivity contribution in [3.8, 4) is 0 Å². The standard InChI is InChI=1S/C22H28BrN3O3S/c1-16(18-9-11-19(23)12-10-18)24-17(2)22(27)25-20-7-6-8-21(15-20)30(28,29)26-13-4-3-5-14-26/h6-12,15-17,24H,3-5,13-14H2,1-2H3,(H,25,27)/t16-,17-/m1/s1. The van der Waals surface area contributed by atoms with Crippen molar-refractivity contribution in [3.05, 3.63) is 58.6 Å². The predicted molar refractivity (Wildman–Crippen MR) is 123 cm³/mol. The van der Waals surface area contributed by atoms with Gasteiger partial charge in [0.05, 0.1) is 10.9 Å². The molecular formula is C22H28BrN3O3S. The van der Waals surface area contributed by atoms with Crippen LogP contribution in [0, 0.1) is 0 Å². The maximum atomic E-state index is 12.9. The van der Waals surface area contributed by atoms with Gasteiger partial charge in [0.2, 0.25) is 15.9 Å². The molecule has 0 spiro atoms. The van der Waals surface area contributed by atoms with Crippen molar-refractivity contribution in [3.63, 3.8) is 0 Å². The largest absolute Gasteiger partial charge is 0.325 e. The van der Waals surface area contributed by atoms with E-state index >= 15 is 0 Å². The van der Waals surface area contributed by atoms with Crippen molar-refractivity contribution in [2.45, 2.75) is 50.1 Å². The van der Waals surface area contributed by atoms with Gasteiger partial charge in [-0.2, -0.15) is 4.31 Å². The molecular weight excluding hydrogens is 466 g/mol. The zero-order chi connectivity index (χ0) is 21.7. The number of sulfonamides is 1. The smallest absolute Gasteiger partial charge is 0.243 e. The topological polar surface area (TPSA) is 78.5 Å². The molecule has 1 aliphatic rings.